The lowest BCUT2D eigenvalue weighted by Gasteiger charge is -2.16. The van der Waals surface area contributed by atoms with Gasteiger partial charge in [-0.05, 0) is 75.2 Å². The van der Waals surface area contributed by atoms with Crippen LogP contribution in [0.3, 0.4) is 0 Å². The van der Waals surface area contributed by atoms with Crippen LogP contribution in [0.2, 0.25) is 0 Å². The lowest BCUT2D eigenvalue weighted by atomic mass is 10.0. The van der Waals surface area contributed by atoms with Crippen LogP contribution < -0.4 is 19.7 Å². The van der Waals surface area contributed by atoms with E-state index in [0.29, 0.717) is 40.6 Å². The summed E-state index contributed by atoms with van der Waals surface area (Å²) in [5.74, 6) is 0.592. The molecule has 34 heavy (non-hydrogen) atoms. The largest absolute Gasteiger partial charge is 0.494 e. The Morgan fingerprint density at radius 3 is 2.29 bits per heavy atom. The Morgan fingerprint density at radius 2 is 1.62 bits per heavy atom. The van der Waals surface area contributed by atoms with Gasteiger partial charge in [-0.2, -0.15) is 0 Å². The van der Waals surface area contributed by atoms with Gasteiger partial charge >= 0.3 is 0 Å². The first-order valence-corrected chi connectivity index (χ1v) is 11.3. The van der Waals surface area contributed by atoms with Gasteiger partial charge in [0, 0.05) is 11.8 Å². The molecular formula is C28H28N2O4. The smallest absolute Gasteiger partial charge is 0.282 e. The van der Waals surface area contributed by atoms with Gasteiger partial charge in [-0.3, -0.25) is 9.59 Å². The number of nitrogens with zero attached hydrogens (tertiary/aromatic N) is 1. The summed E-state index contributed by atoms with van der Waals surface area (Å²) >= 11 is 0. The SMILES string of the molecule is CCOc1cccc(NC2=C(c3ccc(OC(C)C)cc3)C(=O)N(c3cccc(C)c3)C2=O)c1. The topological polar surface area (TPSA) is 67.9 Å². The Hall–Kier alpha value is -4.06. The summed E-state index contributed by atoms with van der Waals surface area (Å²) in [6, 6.07) is 21.9. The van der Waals surface area contributed by atoms with E-state index in [2.05, 4.69) is 5.32 Å². The molecule has 1 N–H and O–H groups in total. The molecule has 1 heterocycles. The van der Waals surface area contributed by atoms with E-state index in [-0.39, 0.29) is 17.7 Å². The number of nitrogens with one attached hydrogen (secondary N) is 1. The van der Waals surface area contributed by atoms with Crippen LogP contribution in [-0.2, 0) is 9.59 Å². The molecule has 1 aliphatic heterocycles. The van der Waals surface area contributed by atoms with Crippen LogP contribution in [0.25, 0.3) is 5.57 Å². The molecule has 0 saturated heterocycles. The normalized spacial score (nSPS) is 13.6. The highest BCUT2D eigenvalue weighted by Gasteiger charge is 2.40. The Bertz CT molecular complexity index is 1250. The van der Waals surface area contributed by atoms with Gasteiger partial charge < -0.3 is 14.8 Å². The van der Waals surface area contributed by atoms with Crippen LogP contribution >= 0.6 is 0 Å². The molecule has 3 aromatic rings. The Morgan fingerprint density at radius 1 is 0.882 bits per heavy atom. The number of rotatable bonds is 8. The van der Waals surface area contributed by atoms with Gasteiger partial charge in [0.25, 0.3) is 11.8 Å². The van der Waals surface area contributed by atoms with Crippen molar-refractivity contribution in [3.8, 4) is 11.5 Å². The van der Waals surface area contributed by atoms with Crippen LogP contribution in [0.15, 0.2) is 78.5 Å². The number of imide groups is 1. The Kier molecular flexibility index (Phi) is 6.68. The van der Waals surface area contributed by atoms with Crippen LogP contribution in [0.5, 0.6) is 11.5 Å². The van der Waals surface area contributed by atoms with Crippen LogP contribution in [0.4, 0.5) is 11.4 Å². The average molecular weight is 457 g/mol. The van der Waals surface area contributed by atoms with Crippen molar-refractivity contribution in [1.29, 1.82) is 0 Å². The van der Waals surface area contributed by atoms with Crippen molar-refractivity contribution in [3.63, 3.8) is 0 Å². The highest BCUT2D eigenvalue weighted by atomic mass is 16.5. The molecule has 1 aliphatic rings. The average Bonchev–Trinajstić information content (AvgIpc) is 3.04. The monoisotopic (exact) mass is 456 g/mol. The number of aryl methyl sites for hydroxylation is 1. The van der Waals surface area contributed by atoms with Crippen molar-refractivity contribution in [1.82, 2.24) is 0 Å². The third kappa shape index (κ3) is 4.81. The zero-order valence-electron chi connectivity index (χ0n) is 19.8. The van der Waals surface area contributed by atoms with Crippen molar-refractivity contribution in [2.24, 2.45) is 0 Å². The van der Waals surface area contributed by atoms with E-state index in [1.165, 1.54) is 4.90 Å². The first-order valence-electron chi connectivity index (χ1n) is 11.3. The Labute approximate surface area is 199 Å². The molecule has 2 amide bonds. The highest BCUT2D eigenvalue weighted by molar-refractivity contribution is 6.46. The van der Waals surface area contributed by atoms with Gasteiger partial charge in [0.1, 0.15) is 17.2 Å². The minimum absolute atomic E-state index is 0.0337. The molecule has 3 aromatic carbocycles. The fourth-order valence-electron chi connectivity index (χ4n) is 3.86. The van der Waals surface area contributed by atoms with Crippen molar-refractivity contribution in [3.05, 3.63) is 89.6 Å². The van der Waals surface area contributed by atoms with E-state index in [0.717, 1.165) is 5.56 Å². The number of carbonyl (C=O) groups excluding carboxylic acids is 2. The predicted molar refractivity (Wildman–Crippen MR) is 134 cm³/mol. The zero-order valence-corrected chi connectivity index (χ0v) is 19.8. The molecule has 0 bridgehead atoms. The number of benzene rings is 3. The molecule has 0 atom stereocenters. The summed E-state index contributed by atoms with van der Waals surface area (Å²) in [6.07, 6.45) is 0.0337. The Balaban J connectivity index is 1.77. The fourth-order valence-corrected chi connectivity index (χ4v) is 3.86. The van der Waals surface area contributed by atoms with Crippen molar-refractivity contribution >= 4 is 28.8 Å². The van der Waals surface area contributed by atoms with Gasteiger partial charge in [-0.1, -0.05) is 30.3 Å². The van der Waals surface area contributed by atoms with Gasteiger partial charge in [0.2, 0.25) is 0 Å². The molecule has 0 spiro atoms. The number of ether oxygens (including phenoxy) is 2. The molecule has 174 valence electrons. The van der Waals surface area contributed by atoms with Crippen molar-refractivity contribution in [2.75, 3.05) is 16.8 Å². The second-order valence-electron chi connectivity index (χ2n) is 8.31. The summed E-state index contributed by atoms with van der Waals surface area (Å²) in [5, 5.41) is 3.19. The van der Waals surface area contributed by atoms with Crippen LogP contribution in [-0.4, -0.2) is 24.5 Å². The van der Waals surface area contributed by atoms with Crippen LogP contribution in [0.1, 0.15) is 31.9 Å². The molecular weight excluding hydrogens is 428 g/mol. The number of anilines is 2. The van der Waals surface area contributed by atoms with Crippen LogP contribution in [0, 0.1) is 6.92 Å². The third-order valence-electron chi connectivity index (χ3n) is 5.27. The maximum Gasteiger partial charge on any atom is 0.282 e. The quantitative estimate of drug-likeness (QED) is 0.449. The molecule has 0 aliphatic carbocycles. The van der Waals surface area contributed by atoms with E-state index < -0.39 is 5.91 Å². The lowest BCUT2D eigenvalue weighted by Crippen LogP contribution is -2.32. The second-order valence-corrected chi connectivity index (χ2v) is 8.31. The van der Waals surface area contributed by atoms with Gasteiger partial charge in [-0.15, -0.1) is 0 Å². The third-order valence-corrected chi connectivity index (χ3v) is 5.27. The molecule has 0 radical (unpaired) electrons. The molecule has 0 unspecified atom stereocenters. The number of carbonyl (C=O) groups is 2. The van der Waals surface area contributed by atoms with Crippen molar-refractivity contribution in [2.45, 2.75) is 33.8 Å². The number of hydrogen-bond acceptors (Lipinski definition) is 5. The van der Waals surface area contributed by atoms with E-state index in [1.807, 2.05) is 76.2 Å². The lowest BCUT2D eigenvalue weighted by molar-refractivity contribution is -0.120. The van der Waals surface area contributed by atoms with Crippen molar-refractivity contribution < 1.29 is 19.1 Å². The van der Waals surface area contributed by atoms with E-state index in [1.54, 1.807) is 24.3 Å². The maximum absolute atomic E-state index is 13.6. The van der Waals surface area contributed by atoms with E-state index in [9.17, 15) is 9.59 Å². The predicted octanol–water partition coefficient (Wildman–Crippen LogP) is 5.58. The first-order chi connectivity index (χ1) is 16.4. The first kappa shape index (κ1) is 23.1. The standard InChI is InChI=1S/C28H28N2O4/c1-5-33-24-11-7-9-21(17-24)29-26-25(20-12-14-23(15-13-20)34-18(2)3)27(31)30(28(26)32)22-10-6-8-19(4)16-22/h6-18,29H,5H2,1-4H3. The zero-order chi connectivity index (χ0) is 24.2. The second kappa shape index (κ2) is 9.83. The highest BCUT2D eigenvalue weighted by Crippen LogP contribution is 2.35. The summed E-state index contributed by atoms with van der Waals surface area (Å²) in [4.78, 5) is 28.4. The van der Waals surface area contributed by atoms with Gasteiger partial charge in [0.15, 0.2) is 0 Å². The summed E-state index contributed by atoms with van der Waals surface area (Å²) in [7, 11) is 0. The van der Waals surface area contributed by atoms with E-state index in [4.69, 9.17) is 9.47 Å². The summed E-state index contributed by atoms with van der Waals surface area (Å²) in [6.45, 7) is 8.27. The van der Waals surface area contributed by atoms with Gasteiger partial charge in [0.05, 0.1) is 24.0 Å². The molecule has 6 nitrogen and oxygen atoms in total. The fraction of sp³-hybridized carbons (Fsp3) is 0.214. The molecule has 0 saturated carbocycles. The minimum Gasteiger partial charge on any atom is -0.494 e. The van der Waals surface area contributed by atoms with Gasteiger partial charge in [-0.25, -0.2) is 4.90 Å². The van der Waals surface area contributed by atoms with E-state index >= 15 is 0 Å². The molecule has 0 fully saturated rings. The molecule has 0 aromatic heterocycles. The number of amides is 2. The molecule has 4 rings (SSSR count). The molecule has 6 heteroatoms. The minimum atomic E-state index is -0.407. The summed E-state index contributed by atoms with van der Waals surface area (Å²) in [5.41, 5.74) is 3.31. The summed E-state index contributed by atoms with van der Waals surface area (Å²) < 4.78 is 11.3. The maximum atomic E-state index is 13.6. The number of hydrogen-bond donors (Lipinski definition) is 1.